The molecule has 15 heavy (non-hydrogen) atoms. The Balaban J connectivity index is 3.04. The van der Waals surface area contributed by atoms with Gasteiger partial charge in [-0.3, -0.25) is 9.36 Å². The van der Waals surface area contributed by atoms with Gasteiger partial charge in [0, 0.05) is 12.6 Å². The molecule has 0 aliphatic rings. The predicted molar refractivity (Wildman–Crippen MR) is 48.3 cm³/mol. The van der Waals surface area contributed by atoms with Crippen molar-refractivity contribution in [2.24, 2.45) is 5.92 Å². The Labute approximate surface area is 84.6 Å². The van der Waals surface area contributed by atoms with Gasteiger partial charge in [-0.25, -0.2) is 4.98 Å². The molecule has 0 saturated carbocycles. The summed E-state index contributed by atoms with van der Waals surface area (Å²) in [5.41, 5.74) is -1.82. The molecule has 1 heterocycles. The minimum Gasteiger partial charge on any atom is -0.299 e. The van der Waals surface area contributed by atoms with Gasteiger partial charge in [-0.1, -0.05) is 13.8 Å². The molecule has 84 valence electrons. The highest BCUT2D eigenvalue weighted by Gasteiger charge is 2.32. The Morgan fingerprint density at radius 2 is 2.07 bits per heavy atom. The van der Waals surface area contributed by atoms with Crippen molar-refractivity contribution in [3.8, 4) is 0 Å². The van der Waals surface area contributed by atoms with E-state index >= 15 is 0 Å². The third-order valence-corrected chi connectivity index (χ3v) is 1.73. The van der Waals surface area contributed by atoms with Crippen LogP contribution >= 0.6 is 0 Å². The summed E-state index contributed by atoms with van der Waals surface area (Å²) in [7, 11) is 0. The first-order chi connectivity index (χ1) is 6.80. The monoisotopic (exact) mass is 220 g/mol. The van der Waals surface area contributed by atoms with Crippen LogP contribution in [0, 0.1) is 5.92 Å². The average molecular weight is 220 g/mol. The Bertz CT molecular complexity index is 395. The van der Waals surface area contributed by atoms with Crippen molar-refractivity contribution in [2.45, 2.75) is 26.6 Å². The molecule has 0 fully saturated rings. The second-order valence-electron chi connectivity index (χ2n) is 3.66. The molecule has 0 bridgehead atoms. The molecule has 0 N–H and O–H groups in total. The fraction of sp³-hybridized carbons (Fsp3) is 0.556. The molecule has 0 aliphatic carbocycles. The second kappa shape index (κ2) is 4.04. The van der Waals surface area contributed by atoms with Gasteiger partial charge < -0.3 is 0 Å². The SMILES string of the molecule is CC(C)Cn1cnc(C(F)(F)F)cc1=O. The van der Waals surface area contributed by atoms with Crippen molar-refractivity contribution in [2.75, 3.05) is 0 Å². The van der Waals surface area contributed by atoms with E-state index in [0.29, 0.717) is 12.6 Å². The van der Waals surface area contributed by atoms with E-state index < -0.39 is 17.4 Å². The molecule has 0 radical (unpaired) electrons. The van der Waals surface area contributed by atoms with Crippen LogP contribution in [0.3, 0.4) is 0 Å². The van der Waals surface area contributed by atoms with Crippen LogP contribution in [0.15, 0.2) is 17.2 Å². The average Bonchev–Trinajstić information content (AvgIpc) is 2.05. The highest BCUT2D eigenvalue weighted by atomic mass is 19.4. The summed E-state index contributed by atoms with van der Waals surface area (Å²) >= 11 is 0. The molecule has 0 aliphatic heterocycles. The zero-order valence-electron chi connectivity index (χ0n) is 8.38. The van der Waals surface area contributed by atoms with Crippen LogP contribution in [0.25, 0.3) is 0 Å². The van der Waals surface area contributed by atoms with Crippen LogP contribution in [0.1, 0.15) is 19.5 Å². The van der Waals surface area contributed by atoms with Crippen molar-refractivity contribution < 1.29 is 13.2 Å². The summed E-state index contributed by atoms with van der Waals surface area (Å²) in [6, 6.07) is 0.516. The largest absolute Gasteiger partial charge is 0.433 e. The molecule has 0 aromatic carbocycles. The maximum Gasteiger partial charge on any atom is 0.433 e. The fourth-order valence-corrected chi connectivity index (χ4v) is 1.11. The van der Waals surface area contributed by atoms with Gasteiger partial charge in [0.2, 0.25) is 0 Å². The van der Waals surface area contributed by atoms with E-state index in [-0.39, 0.29) is 5.92 Å². The molecule has 6 heteroatoms. The molecule has 0 saturated heterocycles. The first-order valence-electron chi connectivity index (χ1n) is 4.44. The lowest BCUT2D eigenvalue weighted by molar-refractivity contribution is -0.141. The number of alkyl halides is 3. The summed E-state index contributed by atoms with van der Waals surface area (Å²) in [6.07, 6.45) is -3.62. The quantitative estimate of drug-likeness (QED) is 0.763. The topological polar surface area (TPSA) is 34.9 Å². The van der Waals surface area contributed by atoms with Gasteiger partial charge in [0.1, 0.15) is 0 Å². The lowest BCUT2D eigenvalue weighted by atomic mass is 10.2. The lowest BCUT2D eigenvalue weighted by Gasteiger charge is -2.09. The molecule has 0 atom stereocenters. The third kappa shape index (κ3) is 3.07. The molecule has 0 amide bonds. The van der Waals surface area contributed by atoms with Crippen molar-refractivity contribution in [3.05, 3.63) is 28.4 Å². The summed E-state index contributed by atoms with van der Waals surface area (Å²) in [5.74, 6) is 0.182. The Morgan fingerprint density at radius 3 is 2.47 bits per heavy atom. The minimum atomic E-state index is -4.56. The highest BCUT2D eigenvalue weighted by Crippen LogP contribution is 2.25. The van der Waals surface area contributed by atoms with E-state index in [2.05, 4.69) is 4.98 Å². The second-order valence-corrected chi connectivity index (χ2v) is 3.66. The summed E-state index contributed by atoms with van der Waals surface area (Å²) in [4.78, 5) is 14.4. The fourth-order valence-electron chi connectivity index (χ4n) is 1.11. The van der Waals surface area contributed by atoms with Crippen molar-refractivity contribution in [1.82, 2.24) is 9.55 Å². The number of nitrogens with zero attached hydrogens (tertiary/aromatic N) is 2. The maximum absolute atomic E-state index is 12.2. The smallest absolute Gasteiger partial charge is 0.299 e. The molecular weight excluding hydrogens is 209 g/mol. The molecular formula is C9H11F3N2O. The van der Waals surface area contributed by atoms with Crippen molar-refractivity contribution >= 4 is 0 Å². The van der Waals surface area contributed by atoms with Gasteiger partial charge in [0.05, 0.1) is 6.33 Å². The van der Waals surface area contributed by atoms with E-state index in [1.165, 1.54) is 4.57 Å². The number of rotatable bonds is 2. The molecule has 0 unspecified atom stereocenters. The molecule has 0 spiro atoms. The van der Waals surface area contributed by atoms with E-state index in [1.54, 1.807) is 0 Å². The summed E-state index contributed by atoms with van der Waals surface area (Å²) in [6.45, 7) is 4.10. The molecule has 1 aromatic heterocycles. The zero-order valence-corrected chi connectivity index (χ0v) is 8.38. The van der Waals surface area contributed by atoms with Crippen LogP contribution in [0.5, 0.6) is 0 Å². The maximum atomic E-state index is 12.2. The number of halogens is 3. The van der Waals surface area contributed by atoms with Crippen LogP contribution in [-0.2, 0) is 12.7 Å². The zero-order chi connectivity index (χ0) is 11.6. The highest BCUT2D eigenvalue weighted by molar-refractivity contribution is 5.03. The number of hydrogen-bond donors (Lipinski definition) is 0. The van der Waals surface area contributed by atoms with Crippen LogP contribution in [0.2, 0.25) is 0 Å². The predicted octanol–water partition coefficient (Wildman–Crippen LogP) is 1.92. The van der Waals surface area contributed by atoms with Crippen molar-refractivity contribution in [1.29, 1.82) is 0 Å². The van der Waals surface area contributed by atoms with Crippen LogP contribution in [0.4, 0.5) is 13.2 Å². The van der Waals surface area contributed by atoms with Crippen molar-refractivity contribution in [3.63, 3.8) is 0 Å². The van der Waals surface area contributed by atoms with Gasteiger partial charge in [-0.2, -0.15) is 13.2 Å². The summed E-state index contributed by atoms with van der Waals surface area (Å²) < 4.78 is 37.6. The van der Waals surface area contributed by atoms with Gasteiger partial charge in [-0.05, 0) is 5.92 Å². The van der Waals surface area contributed by atoms with Gasteiger partial charge in [0.15, 0.2) is 5.69 Å². The Hall–Kier alpha value is -1.33. The van der Waals surface area contributed by atoms with Gasteiger partial charge >= 0.3 is 6.18 Å². The molecule has 1 rings (SSSR count). The van der Waals surface area contributed by atoms with Gasteiger partial charge in [0.25, 0.3) is 5.56 Å². The Kier molecular flexibility index (Phi) is 3.16. The van der Waals surface area contributed by atoms with E-state index in [9.17, 15) is 18.0 Å². The number of hydrogen-bond acceptors (Lipinski definition) is 2. The lowest BCUT2D eigenvalue weighted by Crippen LogP contribution is -2.25. The number of aromatic nitrogens is 2. The van der Waals surface area contributed by atoms with E-state index in [1.807, 2.05) is 13.8 Å². The van der Waals surface area contributed by atoms with E-state index in [0.717, 1.165) is 6.33 Å². The summed E-state index contributed by atoms with van der Waals surface area (Å²) in [5, 5.41) is 0. The molecule has 3 nitrogen and oxygen atoms in total. The first-order valence-corrected chi connectivity index (χ1v) is 4.44. The van der Waals surface area contributed by atoms with Gasteiger partial charge in [-0.15, -0.1) is 0 Å². The first kappa shape index (κ1) is 11.7. The Morgan fingerprint density at radius 1 is 1.47 bits per heavy atom. The van der Waals surface area contributed by atoms with Crippen LogP contribution in [-0.4, -0.2) is 9.55 Å². The molecule has 1 aromatic rings. The standard InChI is InChI=1S/C9H11F3N2O/c1-6(2)4-14-5-13-7(3-8(14)15)9(10,11)12/h3,5-6H,4H2,1-2H3. The third-order valence-electron chi connectivity index (χ3n) is 1.73. The normalized spacial score (nSPS) is 12.1. The van der Waals surface area contributed by atoms with E-state index in [4.69, 9.17) is 0 Å². The minimum absolute atomic E-state index is 0.182. The van der Waals surface area contributed by atoms with Crippen LogP contribution < -0.4 is 5.56 Å².